The average molecular weight is 429 g/mol. The number of rotatable bonds is 5. The fourth-order valence-corrected chi connectivity index (χ4v) is 5.30. The van der Waals surface area contributed by atoms with Crippen LogP contribution in [0.4, 0.5) is 0 Å². The number of fused-ring (bicyclic) bond motifs is 1. The van der Waals surface area contributed by atoms with E-state index in [1.807, 2.05) is 18.2 Å². The van der Waals surface area contributed by atoms with Gasteiger partial charge in [-0.05, 0) is 71.5 Å². The predicted molar refractivity (Wildman–Crippen MR) is 125 cm³/mol. The minimum Gasteiger partial charge on any atom is -0.369 e. The van der Waals surface area contributed by atoms with Gasteiger partial charge in [-0.15, -0.1) is 11.3 Å². The van der Waals surface area contributed by atoms with Crippen molar-refractivity contribution < 1.29 is 4.79 Å². The van der Waals surface area contributed by atoms with E-state index >= 15 is 0 Å². The molecule has 1 heterocycles. The molecule has 0 bridgehead atoms. The summed E-state index contributed by atoms with van der Waals surface area (Å²) in [6.45, 7) is 2.11. The highest BCUT2D eigenvalue weighted by Crippen LogP contribution is 2.45. The molecule has 2 N–H and O–H groups in total. The van der Waals surface area contributed by atoms with Crippen LogP contribution >= 0.6 is 11.3 Å². The van der Waals surface area contributed by atoms with Crippen LogP contribution in [0.1, 0.15) is 28.5 Å². The number of nitrogens with two attached hydrogens (primary N) is 1. The summed E-state index contributed by atoms with van der Waals surface area (Å²) in [6, 6.07) is 20.4. The second kappa shape index (κ2) is 8.37. The van der Waals surface area contributed by atoms with E-state index in [9.17, 15) is 10.1 Å². The molecule has 1 aromatic heterocycles. The largest absolute Gasteiger partial charge is 0.369 e. The number of carbonyl (C=O) groups excluding carboxylic acids is 1. The molecule has 1 atom stereocenters. The standard InChI is InChI=1S/C25H24N4OS/c1-25(28-24(27)29(2)16-30,22-11-19-7-3-4-8-20(19)12-22)23-13-21(15-31-23)18-9-5-6-17(10-18)14-26/h3-10,13,15-16,22H,11-12H2,1-2H3,(H2,27,28)/t25-/m0/s1. The van der Waals surface area contributed by atoms with Crippen molar-refractivity contribution in [1.29, 1.82) is 5.26 Å². The predicted octanol–water partition coefficient (Wildman–Crippen LogP) is 4.32. The first-order valence-corrected chi connectivity index (χ1v) is 11.0. The van der Waals surface area contributed by atoms with Crippen LogP contribution in [0, 0.1) is 17.2 Å². The number of hydrogen-bond acceptors (Lipinski definition) is 4. The summed E-state index contributed by atoms with van der Waals surface area (Å²) < 4.78 is 0. The zero-order valence-electron chi connectivity index (χ0n) is 17.6. The first kappa shape index (κ1) is 20.8. The van der Waals surface area contributed by atoms with E-state index in [2.05, 4.69) is 48.7 Å². The quantitative estimate of drug-likeness (QED) is 0.373. The van der Waals surface area contributed by atoms with E-state index in [4.69, 9.17) is 10.7 Å². The Bertz CT molecular complexity index is 1170. The number of carbonyl (C=O) groups is 1. The Labute approximate surface area is 186 Å². The number of amides is 1. The third-order valence-corrected chi connectivity index (χ3v) is 7.29. The van der Waals surface area contributed by atoms with Crippen molar-refractivity contribution in [2.75, 3.05) is 7.05 Å². The van der Waals surface area contributed by atoms with Gasteiger partial charge in [-0.25, -0.2) is 4.99 Å². The van der Waals surface area contributed by atoms with Crippen molar-refractivity contribution >= 4 is 23.7 Å². The SMILES string of the molecule is CN(C=O)C(N)=N[C@](C)(c1cc(-c2cccc(C#N)c2)cs1)C1Cc2ccccc2C1. The van der Waals surface area contributed by atoms with Crippen LogP contribution in [0.3, 0.4) is 0 Å². The highest BCUT2D eigenvalue weighted by molar-refractivity contribution is 7.10. The van der Waals surface area contributed by atoms with Crippen molar-refractivity contribution in [1.82, 2.24) is 4.90 Å². The van der Waals surface area contributed by atoms with Crippen LogP contribution < -0.4 is 5.73 Å². The molecular weight excluding hydrogens is 404 g/mol. The van der Waals surface area contributed by atoms with E-state index in [1.165, 1.54) is 16.0 Å². The molecule has 1 aliphatic carbocycles. The second-order valence-corrected chi connectivity index (χ2v) is 9.01. The number of nitrogens with zero attached hydrogens (tertiary/aromatic N) is 3. The lowest BCUT2D eigenvalue weighted by molar-refractivity contribution is -0.114. The third-order valence-electron chi connectivity index (χ3n) is 6.14. The normalized spacial score (nSPS) is 15.7. The summed E-state index contributed by atoms with van der Waals surface area (Å²) in [5, 5.41) is 11.3. The summed E-state index contributed by atoms with van der Waals surface area (Å²) in [6.07, 6.45) is 2.49. The summed E-state index contributed by atoms with van der Waals surface area (Å²) in [5.41, 5.74) is 11.0. The molecule has 0 saturated heterocycles. The molecule has 0 spiro atoms. The molecule has 31 heavy (non-hydrogen) atoms. The summed E-state index contributed by atoms with van der Waals surface area (Å²) in [4.78, 5) is 18.6. The third kappa shape index (κ3) is 3.97. The molecule has 156 valence electrons. The van der Waals surface area contributed by atoms with Crippen molar-refractivity contribution in [2.24, 2.45) is 16.6 Å². The maximum absolute atomic E-state index is 11.3. The zero-order valence-corrected chi connectivity index (χ0v) is 18.4. The minimum atomic E-state index is -0.587. The van der Waals surface area contributed by atoms with Gasteiger partial charge < -0.3 is 5.73 Å². The second-order valence-electron chi connectivity index (χ2n) is 8.10. The fourth-order valence-electron chi connectivity index (χ4n) is 4.20. The van der Waals surface area contributed by atoms with Gasteiger partial charge in [0, 0.05) is 11.9 Å². The maximum Gasteiger partial charge on any atom is 0.216 e. The summed E-state index contributed by atoms with van der Waals surface area (Å²) in [7, 11) is 1.61. The number of guanidine groups is 1. The number of nitriles is 1. The van der Waals surface area contributed by atoms with Crippen LogP contribution in [0.25, 0.3) is 11.1 Å². The van der Waals surface area contributed by atoms with Crippen LogP contribution in [-0.4, -0.2) is 24.3 Å². The van der Waals surface area contributed by atoms with Gasteiger partial charge in [-0.1, -0.05) is 36.4 Å². The molecule has 0 aliphatic heterocycles. The van der Waals surface area contributed by atoms with Gasteiger partial charge in [0.25, 0.3) is 0 Å². The fraction of sp³-hybridized carbons (Fsp3) is 0.240. The number of thiophene rings is 1. The molecule has 1 aliphatic rings. The van der Waals surface area contributed by atoms with E-state index < -0.39 is 5.54 Å². The monoisotopic (exact) mass is 428 g/mol. The zero-order chi connectivity index (χ0) is 22.0. The van der Waals surface area contributed by atoms with E-state index in [1.54, 1.807) is 24.5 Å². The highest BCUT2D eigenvalue weighted by atomic mass is 32.1. The Morgan fingerprint density at radius 3 is 2.55 bits per heavy atom. The Kier molecular flexibility index (Phi) is 5.62. The van der Waals surface area contributed by atoms with Crippen LogP contribution in [-0.2, 0) is 23.2 Å². The molecule has 0 radical (unpaired) electrons. The number of benzene rings is 2. The molecule has 6 heteroatoms. The summed E-state index contributed by atoms with van der Waals surface area (Å²) >= 11 is 1.64. The van der Waals surface area contributed by atoms with Gasteiger partial charge >= 0.3 is 0 Å². The molecule has 0 saturated carbocycles. The Morgan fingerprint density at radius 1 is 1.19 bits per heavy atom. The lowest BCUT2D eigenvalue weighted by Gasteiger charge is -2.32. The van der Waals surface area contributed by atoms with Gasteiger partial charge in [0.05, 0.1) is 17.2 Å². The maximum atomic E-state index is 11.3. The molecule has 0 fully saturated rings. The molecule has 0 unspecified atom stereocenters. The van der Waals surface area contributed by atoms with E-state index in [-0.39, 0.29) is 11.9 Å². The first-order valence-electron chi connectivity index (χ1n) is 10.1. The van der Waals surface area contributed by atoms with Gasteiger partial charge in [0.15, 0.2) is 5.96 Å². The molecule has 5 nitrogen and oxygen atoms in total. The topological polar surface area (TPSA) is 82.5 Å². The van der Waals surface area contributed by atoms with Gasteiger partial charge in [0.1, 0.15) is 0 Å². The first-order chi connectivity index (χ1) is 14.9. The van der Waals surface area contributed by atoms with Crippen LogP contribution in [0.5, 0.6) is 0 Å². The lowest BCUT2D eigenvalue weighted by atomic mass is 9.82. The minimum absolute atomic E-state index is 0.204. The van der Waals surface area contributed by atoms with Crippen molar-refractivity contribution in [3.05, 3.63) is 81.5 Å². The smallest absolute Gasteiger partial charge is 0.216 e. The van der Waals surface area contributed by atoms with Gasteiger partial charge in [-0.3, -0.25) is 9.69 Å². The van der Waals surface area contributed by atoms with Crippen molar-refractivity contribution in [3.63, 3.8) is 0 Å². The van der Waals surface area contributed by atoms with Crippen molar-refractivity contribution in [3.8, 4) is 17.2 Å². The lowest BCUT2D eigenvalue weighted by Crippen LogP contribution is -2.39. The molecule has 1 amide bonds. The number of hydrogen-bond donors (Lipinski definition) is 1. The van der Waals surface area contributed by atoms with Gasteiger partial charge in [0.2, 0.25) is 6.41 Å². The van der Waals surface area contributed by atoms with Gasteiger partial charge in [-0.2, -0.15) is 5.26 Å². The molecule has 2 aromatic carbocycles. The summed E-state index contributed by atoms with van der Waals surface area (Å²) in [5.74, 6) is 0.426. The Morgan fingerprint density at radius 2 is 1.90 bits per heavy atom. The van der Waals surface area contributed by atoms with Crippen LogP contribution in [0.15, 0.2) is 65.0 Å². The number of aliphatic imine (C=N–C) groups is 1. The highest BCUT2D eigenvalue weighted by Gasteiger charge is 2.41. The molecule has 4 rings (SSSR count). The Hall–Kier alpha value is -3.43. The van der Waals surface area contributed by atoms with Crippen LogP contribution in [0.2, 0.25) is 0 Å². The van der Waals surface area contributed by atoms with Crippen molar-refractivity contribution in [2.45, 2.75) is 25.3 Å². The molecule has 3 aromatic rings. The average Bonchev–Trinajstić information content (AvgIpc) is 3.46. The van der Waals surface area contributed by atoms with E-state index in [0.29, 0.717) is 12.0 Å². The van der Waals surface area contributed by atoms with E-state index in [0.717, 1.165) is 28.8 Å². The molecular formula is C25H24N4OS. The Balaban J connectivity index is 1.76.